The zero-order valence-corrected chi connectivity index (χ0v) is 18.1. The minimum atomic E-state index is -2.23. The molecule has 0 aromatic carbocycles. The standard InChI is InChI=1S/C21H33NO7/c1-7-13(2)18(23)29-16-9-11-22-10-8-15(17(16)22)12-28-19(24)21(26,14(3)27-6)20(4,5)25/h7-8,14,16-17,25-26H,9-12H2,1-6H3/t14?,16?,17?,21-/m0/s1. The Balaban J connectivity index is 2.08. The second kappa shape index (κ2) is 8.95. The van der Waals surface area contributed by atoms with Crippen molar-refractivity contribution in [2.75, 3.05) is 26.8 Å². The summed E-state index contributed by atoms with van der Waals surface area (Å²) >= 11 is 0. The van der Waals surface area contributed by atoms with Gasteiger partial charge in [-0.25, -0.2) is 9.59 Å². The Kier molecular flexibility index (Phi) is 7.27. The maximum absolute atomic E-state index is 12.7. The first kappa shape index (κ1) is 23.5. The fourth-order valence-corrected chi connectivity index (χ4v) is 3.82. The number of fused-ring (bicyclic) bond motifs is 1. The van der Waals surface area contributed by atoms with Crippen LogP contribution in [-0.4, -0.2) is 83.3 Å². The number of rotatable bonds is 8. The molecule has 1 fully saturated rings. The molecule has 0 aromatic heterocycles. The Morgan fingerprint density at radius 2 is 2.03 bits per heavy atom. The molecule has 29 heavy (non-hydrogen) atoms. The van der Waals surface area contributed by atoms with Gasteiger partial charge >= 0.3 is 11.9 Å². The number of methoxy groups -OCH3 is 1. The summed E-state index contributed by atoms with van der Waals surface area (Å²) in [5, 5.41) is 21.2. The Labute approximate surface area is 172 Å². The van der Waals surface area contributed by atoms with Crippen molar-refractivity contribution in [3.63, 3.8) is 0 Å². The zero-order valence-electron chi connectivity index (χ0n) is 18.1. The lowest BCUT2D eigenvalue weighted by atomic mass is 9.81. The average molecular weight is 411 g/mol. The first-order valence-electron chi connectivity index (χ1n) is 9.89. The smallest absolute Gasteiger partial charge is 0.344 e. The predicted octanol–water partition coefficient (Wildman–Crippen LogP) is 0.959. The van der Waals surface area contributed by atoms with Crippen molar-refractivity contribution in [2.24, 2.45) is 0 Å². The van der Waals surface area contributed by atoms with Crippen molar-refractivity contribution in [3.8, 4) is 0 Å². The summed E-state index contributed by atoms with van der Waals surface area (Å²) in [5.41, 5.74) is -2.65. The molecular formula is C21H33NO7. The number of hydrogen-bond donors (Lipinski definition) is 2. The summed E-state index contributed by atoms with van der Waals surface area (Å²) in [6, 6.07) is -0.161. The first-order chi connectivity index (χ1) is 13.5. The van der Waals surface area contributed by atoms with Gasteiger partial charge in [0.2, 0.25) is 5.60 Å². The van der Waals surface area contributed by atoms with Gasteiger partial charge in [0.1, 0.15) is 18.3 Å². The summed E-state index contributed by atoms with van der Waals surface area (Å²) in [6.07, 6.45) is 3.05. The molecule has 0 aliphatic carbocycles. The molecule has 164 valence electrons. The molecule has 8 heteroatoms. The molecule has 8 nitrogen and oxygen atoms in total. The molecule has 2 heterocycles. The molecule has 1 saturated heterocycles. The molecule has 2 aliphatic rings. The van der Waals surface area contributed by atoms with Gasteiger partial charge in [0.05, 0.1) is 12.1 Å². The van der Waals surface area contributed by atoms with Crippen LogP contribution < -0.4 is 0 Å². The quantitative estimate of drug-likeness (QED) is 0.346. The van der Waals surface area contributed by atoms with Crippen LogP contribution in [0.2, 0.25) is 0 Å². The second-order valence-corrected chi connectivity index (χ2v) is 8.20. The third-order valence-corrected chi connectivity index (χ3v) is 5.98. The summed E-state index contributed by atoms with van der Waals surface area (Å²) in [5.74, 6) is -1.32. The first-order valence-corrected chi connectivity index (χ1v) is 9.89. The summed E-state index contributed by atoms with van der Waals surface area (Å²) in [6.45, 7) is 9.03. The molecule has 0 saturated carbocycles. The van der Waals surface area contributed by atoms with Crippen LogP contribution in [0.4, 0.5) is 0 Å². The van der Waals surface area contributed by atoms with E-state index in [0.717, 1.165) is 12.1 Å². The van der Waals surface area contributed by atoms with E-state index in [1.165, 1.54) is 27.9 Å². The predicted molar refractivity (Wildman–Crippen MR) is 106 cm³/mol. The van der Waals surface area contributed by atoms with Crippen LogP contribution in [-0.2, 0) is 23.8 Å². The van der Waals surface area contributed by atoms with E-state index in [-0.39, 0.29) is 24.7 Å². The highest BCUT2D eigenvalue weighted by atomic mass is 16.6. The molecule has 3 unspecified atom stereocenters. The lowest BCUT2D eigenvalue weighted by Crippen LogP contribution is -2.63. The van der Waals surface area contributed by atoms with Crippen LogP contribution in [0.1, 0.15) is 41.0 Å². The number of esters is 2. The molecule has 2 rings (SSSR count). The van der Waals surface area contributed by atoms with E-state index >= 15 is 0 Å². The highest BCUT2D eigenvalue weighted by Gasteiger charge is 2.55. The van der Waals surface area contributed by atoms with Gasteiger partial charge < -0.3 is 24.4 Å². The molecule has 0 bridgehead atoms. The van der Waals surface area contributed by atoms with Crippen molar-refractivity contribution >= 4 is 11.9 Å². The van der Waals surface area contributed by atoms with E-state index in [9.17, 15) is 19.8 Å². The number of hydrogen-bond acceptors (Lipinski definition) is 8. The van der Waals surface area contributed by atoms with Gasteiger partial charge in [-0.3, -0.25) is 4.90 Å². The zero-order chi connectivity index (χ0) is 22.0. The van der Waals surface area contributed by atoms with E-state index in [4.69, 9.17) is 14.2 Å². The Bertz CT molecular complexity index is 694. The van der Waals surface area contributed by atoms with E-state index < -0.39 is 23.3 Å². The Morgan fingerprint density at radius 3 is 2.59 bits per heavy atom. The van der Waals surface area contributed by atoms with E-state index in [0.29, 0.717) is 18.5 Å². The number of allylic oxidation sites excluding steroid dienone is 1. The maximum atomic E-state index is 12.7. The number of aliphatic hydroxyl groups is 2. The van der Waals surface area contributed by atoms with Gasteiger partial charge in [0, 0.05) is 25.8 Å². The lowest BCUT2D eigenvalue weighted by molar-refractivity contribution is -0.216. The largest absolute Gasteiger partial charge is 0.459 e. The van der Waals surface area contributed by atoms with Crippen LogP contribution >= 0.6 is 0 Å². The third kappa shape index (κ3) is 4.55. The van der Waals surface area contributed by atoms with E-state index in [1.807, 2.05) is 6.08 Å². The van der Waals surface area contributed by atoms with Crippen molar-refractivity contribution in [3.05, 3.63) is 23.3 Å². The number of nitrogens with zero attached hydrogens (tertiary/aromatic N) is 1. The van der Waals surface area contributed by atoms with Crippen molar-refractivity contribution in [1.29, 1.82) is 0 Å². The number of carbonyl (C=O) groups is 2. The normalized spacial score (nSPS) is 25.8. The van der Waals surface area contributed by atoms with Crippen molar-refractivity contribution in [2.45, 2.75) is 70.5 Å². The fraction of sp³-hybridized carbons (Fsp3) is 0.714. The maximum Gasteiger partial charge on any atom is 0.344 e. The monoisotopic (exact) mass is 411 g/mol. The summed E-state index contributed by atoms with van der Waals surface area (Å²) in [4.78, 5) is 27.0. The Morgan fingerprint density at radius 1 is 1.38 bits per heavy atom. The van der Waals surface area contributed by atoms with Crippen LogP contribution in [0.3, 0.4) is 0 Å². The van der Waals surface area contributed by atoms with Crippen LogP contribution in [0.15, 0.2) is 23.3 Å². The van der Waals surface area contributed by atoms with Gasteiger partial charge in [0.25, 0.3) is 0 Å². The van der Waals surface area contributed by atoms with Gasteiger partial charge in [-0.1, -0.05) is 12.2 Å². The highest BCUT2D eigenvalue weighted by Crippen LogP contribution is 2.33. The van der Waals surface area contributed by atoms with Gasteiger partial charge in [-0.2, -0.15) is 0 Å². The molecule has 2 N–H and O–H groups in total. The Hall–Kier alpha value is -1.74. The van der Waals surface area contributed by atoms with Crippen molar-refractivity contribution in [1.82, 2.24) is 4.90 Å². The number of carbonyl (C=O) groups excluding carboxylic acids is 2. The van der Waals surface area contributed by atoms with Crippen LogP contribution in [0.25, 0.3) is 0 Å². The third-order valence-electron chi connectivity index (χ3n) is 5.98. The molecule has 0 radical (unpaired) electrons. The van der Waals surface area contributed by atoms with Crippen LogP contribution in [0.5, 0.6) is 0 Å². The molecular weight excluding hydrogens is 378 g/mol. The lowest BCUT2D eigenvalue weighted by Gasteiger charge is -2.40. The summed E-state index contributed by atoms with van der Waals surface area (Å²) in [7, 11) is 1.34. The summed E-state index contributed by atoms with van der Waals surface area (Å²) < 4.78 is 16.1. The van der Waals surface area contributed by atoms with Crippen LogP contribution in [0, 0.1) is 0 Å². The molecule has 4 atom stereocenters. The minimum absolute atomic E-state index is 0.0640. The topological polar surface area (TPSA) is 106 Å². The molecule has 0 spiro atoms. The SMILES string of the molecule is CC=C(C)C(=O)OC1CCN2CC=C(COC(=O)[C@@](O)(C(C)OC)C(C)(C)O)C12. The van der Waals surface area contributed by atoms with E-state index in [1.54, 1.807) is 19.9 Å². The molecule has 2 aliphatic heterocycles. The number of ether oxygens (including phenoxy) is 3. The van der Waals surface area contributed by atoms with E-state index in [2.05, 4.69) is 4.90 Å². The van der Waals surface area contributed by atoms with Gasteiger partial charge in [0.15, 0.2) is 0 Å². The van der Waals surface area contributed by atoms with Gasteiger partial charge in [-0.05, 0) is 46.6 Å². The highest BCUT2D eigenvalue weighted by molar-refractivity contribution is 5.87. The fourth-order valence-electron chi connectivity index (χ4n) is 3.82. The molecule has 0 amide bonds. The second-order valence-electron chi connectivity index (χ2n) is 8.20. The molecule has 0 aromatic rings. The van der Waals surface area contributed by atoms with Crippen molar-refractivity contribution < 1.29 is 34.0 Å². The minimum Gasteiger partial charge on any atom is -0.459 e. The van der Waals surface area contributed by atoms with Gasteiger partial charge in [-0.15, -0.1) is 0 Å². The average Bonchev–Trinajstić information content (AvgIpc) is 3.26.